The van der Waals surface area contributed by atoms with Crippen LogP contribution >= 0.6 is 54.5 Å². The molecule has 0 aliphatic heterocycles. The first-order valence-electron chi connectivity index (χ1n) is 13.2. The van der Waals surface area contributed by atoms with Crippen LogP contribution in [0, 0.1) is 10.8 Å². The molecule has 0 saturated carbocycles. The monoisotopic (exact) mass is 790 g/mol. The number of halogens is 2. The molecule has 0 aliphatic carbocycles. The first kappa shape index (κ1) is 36.2. The van der Waals surface area contributed by atoms with Gasteiger partial charge in [-0.2, -0.15) is 0 Å². The van der Waals surface area contributed by atoms with E-state index in [2.05, 4.69) is 41.8 Å². The van der Waals surface area contributed by atoms with Crippen LogP contribution in [0.1, 0.15) is 51.3 Å². The molecule has 0 bridgehead atoms. The highest BCUT2D eigenvalue weighted by atomic mass is 79.9. The fraction of sp³-hybridized carbons (Fsp3) is 0.400. The maximum atomic E-state index is 12.7. The van der Waals surface area contributed by atoms with E-state index in [0.717, 1.165) is 13.8 Å². The molecular weight excluding hydrogens is 756 g/mol. The average molecular weight is 793 g/mol. The molecule has 0 radical (unpaired) electrons. The van der Waals surface area contributed by atoms with Crippen molar-refractivity contribution < 1.29 is 22.8 Å². The Morgan fingerprint density at radius 3 is 1.56 bits per heavy atom. The van der Waals surface area contributed by atoms with Gasteiger partial charge in [-0.05, 0) is 59.4 Å². The van der Waals surface area contributed by atoms with E-state index in [-0.39, 0.29) is 16.4 Å². The number of nitrogens with zero attached hydrogens (tertiary/aromatic N) is 2. The quantitative estimate of drug-likeness (QED) is 0.189. The second-order valence-electron chi connectivity index (χ2n) is 12.1. The molecule has 0 amide bonds. The van der Waals surface area contributed by atoms with E-state index >= 15 is 0 Å². The van der Waals surface area contributed by atoms with Crippen molar-refractivity contribution in [2.24, 2.45) is 10.8 Å². The summed E-state index contributed by atoms with van der Waals surface area (Å²) in [6.07, 6.45) is 3.20. The second-order valence-corrected chi connectivity index (χ2v) is 19.2. The molecule has 4 rings (SSSR count). The van der Waals surface area contributed by atoms with Gasteiger partial charge in [0.25, 0.3) is 0 Å². The zero-order chi connectivity index (χ0) is 32.3. The highest BCUT2D eigenvalue weighted by molar-refractivity contribution is 9.10. The lowest BCUT2D eigenvalue weighted by atomic mass is 9.77. The van der Waals surface area contributed by atoms with E-state index in [4.69, 9.17) is 0 Å². The SMILES string of the molecule is CC(C)(C)C(O)(CS(=O)(=O)c1ccc(Br)cc1)c1cncs1.CC(C)(C)C(O)(CS(=O)c1ccc(Br)cc1)c1cncs1. The second kappa shape index (κ2) is 14.0. The number of hydrogen-bond donors (Lipinski definition) is 2. The van der Waals surface area contributed by atoms with E-state index < -0.39 is 42.7 Å². The summed E-state index contributed by atoms with van der Waals surface area (Å²) in [5, 5.41) is 22.3. The van der Waals surface area contributed by atoms with Crippen LogP contribution in [0.4, 0.5) is 0 Å². The first-order valence-corrected chi connectivity index (χ1v) is 19.5. The minimum absolute atomic E-state index is 0.153. The molecule has 0 aliphatic rings. The van der Waals surface area contributed by atoms with Gasteiger partial charge < -0.3 is 10.2 Å². The Morgan fingerprint density at radius 2 is 1.16 bits per heavy atom. The van der Waals surface area contributed by atoms with Crippen LogP contribution in [-0.4, -0.2) is 44.3 Å². The smallest absolute Gasteiger partial charge is 0.181 e. The molecule has 2 N–H and O–H groups in total. The van der Waals surface area contributed by atoms with Crippen LogP contribution in [-0.2, 0) is 31.8 Å². The lowest BCUT2D eigenvalue weighted by Gasteiger charge is -2.39. The van der Waals surface area contributed by atoms with Crippen molar-refractivity contribution in [3.05, 3.63) is 90.6 Å². The van der Waals surface area contributed by atoms with Gasteiger partial charge in [0.05, 0.1) is 48.0 Å². The van der Waals surface area contributed by atoms with Gasteiger partial charge in [0.15, 0.2) is 9.84 Å². The van der Waals surface area contributed by atoms with Crippen LogP contribution < -0.4 is 0 Å². The summed E-state index contributed by atoms with van der Waals surface area (Å²) in [7, 11) is -4.92. The third-order valence-corrected chi connectivity index (χ3v) is 13.3. The Kier molecular flexibility index (Phi) is 11.8. The Morgan fingerprint density at radius 1 is 0.744 bits per heavy atom. The van der Waals surface area contributed by atoms with Crippen LogP contribution in [0.15, 0.2) is 90.7 Å². The molecule has 3 unspecified atom stereocenters. The summed E-state index contributed by atoms with van der Waals surface area (Å²) in [5.74, 6) is -0.229. The number of thiazole rings is 2. The van der Waals surface area contributed by atoms with Gasteiger partial charge in [0.1, 0.15) is 11.2 Å². The maximum absolute atomic E-state index is 12.7. The zero-order valence-corrected chi connectivity index (χ0v) is 31.2. The molecule has 7 nitrogen and oxygen atoms in total. The zero-order valence-electron chi connectivity index (χ0n) is 24.7. The summed E-state index contributed by atoms with van der Waals surface area (Å²) in [4.78, 5) is 10.2. The molecule has 13 heteroatoms. The molecule has 0 saturated heterocycles. The van der Waals surface area contributed by atoms with E-state index in [1.165, 1.54) is 41.0 Å². The normalized spacial score (nSPS) is 16.0. The molecule has 2 aromatic heterocycles. The number of benzene rings is 2. The lowest BCUT2D eigenvalue weighted by molar-refractivity contribution is -0.0406. The van der Waals surface area contributed by atoms with Gasteiger partial charge in [-0.1, -0.05) is 73.4 Å². The fourth-order valence-electron chi connectivity index (χ4n) is 4.01. The summed E-state index contributed by atoms with van der Waals surface area (Å²) < 4.78 is 39.8. The third kappa shape index (κ3) is 8.69. The average Bonchev–Trinajstić information content (AvgIpc) is 3.63. The molecule has 0 fully saturated rings. The topological polar surface area (TPSA) is 117 Å². The lowest BCUT2D eigenvalue weighted by Crippen LogP contribution is -2.45. The molecule has 0 spiro atoms. The van der Waals surface area contributed by atoms with Crippen LogP contribution in [0.2, 0.25) is 0 Å². The van der Waals surface area contributed by atoms with Crippen molar-refractivity contribution in [2.75, 3.05) is 11.5 Å². The van der Waals surface area contributed by atoms with E-state index in [1.807, 2.05) is 65.8 Å². The number of aromatic nitrogens is 2. The van der Waals surface area contributed by atoms with Gasteiger partial charge in [-0.3, -0.25) is 14.2 Å². The molecule has 43 heavy (non-hydrogen) atoms. The fourth-order valence-corrected chi connectivity index (χ4v) is 10.0. The van der Waals surface area contributed by atoms with Crippen molar-refractivity contribution in [1.29, 1.82) is 0 Å². The Balaban J connectivity index is 0.000000236. The van der Waals surface area contributed by atoms with Crippen molar-refractivity contribution in [3.8, 4) is 0 Å². The van der Waals surface area contributed by atoms with Crippen molar-refractivity contribution in [2.45, 2.75) is 62.5 Å². The molecular formula is C30H36Br2N2O5S4. The van der Waals surface area contributed by atoms with Crippen molar-refractivity contribution in [3.63, 3.8) is 0 Å². The van der Waals surface area contributed by atoms with Crippen molar-refractivity contribution >= 4 is 75.2 Å². The largest absolute Gasteiger partial charge is 0.383 e. The minimum Gasteiger partial charge on any atom is -0.383 e. The predicted octanol–water partition coefficient (Wildman–Crippen LogP) is 7.56. The van der Waals surface area contributed by atoms with Gasteiger partial charge in [-0.15, -0.1) is 22.7 Å². The third-order valence-electron chi connectivity index (χ3n) is 7.15. The van der Waals surface area contributed by atoms with Gasteiger partial charge in [-0.25, -0.2) is 8.42 Å². The number of hydrogen-bond acceptors (Lipinski definition) is 9. The number of aliphatic hydroxyl groups is 2. The van der Waals surface area contributed by atoms with E-state index in [0.29, 0.717) is 9.77 Å². The molecule has 3 atom stereocenters. The van der Waals surface area contributed by atoms with Crippen LogP contribution in [0.25, 0.3) is 0 Å². The standard InChI is InChI=1S/C15H18BrNO3S2.C15H18BrNO2S2/c1-14(2,3)15(18,13-8-17-10-21-13)9-22(19,20)12-6-4-11(16)5-7-12;1-14(2,3)15(18,13-8-17-10-20-13)9-21(19)12-6-4-11(16)5-7-12/h4-8,10,18H,9H2,1-3H3;4-8,10,18H,9H2,1-3H3. The molecule has 2 aromatic carbocycles. The van der Waals surface area contributed by atoms with Gasteiger partial charge in [0.2, 0.25) is 0 Å². The van der Waals surface area contributed by atoms with Crippen molar-refractivity contribution in [1.82, 2.24) is 9.97 Å². The Bertz CT molecular complexity index is 1600. The van der Waals surface area contributed by atoms with E-state index in [9.17, 15) is 22.8 Å². The predicted molar refractivity (Wildman–Crippen MR) is 183 cm³/mol. The highest BCUT2D eigenvalue weighted by Gasteiger charge is 2.47. The Labute approximate surface area is 281 Å². The molecule has 2 heterocycles. The summed E-state index contributed by atoms with van der Waals surface area (Å²) in [5.41, 5.74) is -0.481. The van der Waals surface area contributed by atoms with Crippen LogP contribution in [0.5, 0.6) is 0 Å². The first-order chi connectivity index (χ1) is 19.8. The summed E-state index contributed by atoms with van der Waals surface area (Å²) >= 11 is 9.31. The maximum Gasteiger partial charge on any atom is 0.181 e. The summed E-state index contributed by atoms with van der Waals surface area (Å²) in [6.45, 7) is 11.3. The molecule has 234 valence electrons. The van der Waals surface area contributed by atoms with Gasteiger partial charge >= 0.3 is 0 Å². The highest BCUT2D eigenvalue weighted by Crippen LogP contribution is 2.43. The Hall–Kier alpha value is -1.32. The number of sulfone groups is 1. The van der Waals surface area contributed by atoms with Crippen LogP contribution in [0.3, 0.4) is 0 Å². The minimum atomic E-state index is -3.64. The van der Waals surface area contributed by atoms with Gasteiger partial charge in [0, 0.05) is 26.2 Å². The van der Waals surface area contributed by atoms with E-state index in [1.54, 1.807) is 29.4 Å². The summed E-state index contributed by atoms with van der Waals surface area (Å²) in [6, 6.07) is 13.8. The number of rotatable bonds is 8. The molecule has 4 aromatic rings.